The van der Waals surface area contributed by atoms with Crippen molar-refractivity contribution in [3.05, 3.63) is 29.8 Å². The third-order valence-electron chi connectivity index (χ3n) is 4.54. The molecule has 0 aromatic heterocycles. The second kappa shape index (κ2) is 5.33. The summed E-state index contributed by atoms with van der Waals surface area (Å²) in [6.07, 6.45) is 4.37. The highest BCUT2D eigenvalue weighted by Crippen LogP contribution is 2.29. The second-order valence-corrected chi connectivity index (χ2v) is 5.67. The lowest BCUT2D eigenvalue weighted by Crippen LogP contribution is -2.50. The number of carbonyl (C=O) groups is 1. The number of amides is 1. The molecule has 2 heterocycles. The highest BCUT2D eigenvalue weighted by molar-refractivity contribution is 5.99. The van der Waals surface area contributed by atoms with Gasteiger partial charge >= 0.3 is 0 Å². The summed E-state index contributed by atoms with van der Waals surface area (Å²) in [6, 6.07) is 8.29. The van der Waals surface area contributed by atoms with E-state index < -0.39 is 0 Å². The van der Waals surface area contributed by atoms with Crippen LogP contribution in [0.4, 0.5) is 5.69 Å². The van der Waals surface area contributed by atoms with E-state index in [9.17, 15) is 4.79 Å². The van der Waals surface area contributed by atoms with Gasteiger partial charge in [0.05, 0.1) is 6.04 Å². The van der Waals surface area contributed by atoms with Gasteiger partial charge in [0.15, 0.2) is 0 Å². The Labute approximate surface area is 115 Å². The first-order valence-corrected chi connectivity index (χ1v) is 7.42. The predicted octanol–water partition coefficient (Wildman–Crippen LogP) is 2.35. The largest absolute Gasteiger partial charge is 0.310 e. The maximum absolute atomic E-state index is 12.7. The second-order valence-electron chi connectivity index (χ2n) is 5.67. The van der Waals surface area contributed by atoms with Crippen molar-refractivity contribution in [1.29, 1.82) is 0 Å². The molecule has 102 valence electrons. The number of fused-ring (bicyclic) bond motifs is 1. The van der Waals surface area contributed by atoms with E-state index in [1.807, 2.05) is 11.0 Å². The Bertz CT molecular complexity index is 472. The lowest BCUT2D eigenvalue weighted by molar-refractivity contribution is -0.121. The molecule has 1 N–H and O–H groups in total. The van der Waals surface area contributed by atoms with E-state index in [1.54, 1.807) is 0 Å². The molecule has 0 spiro atoms. The van der Waals surface area contributed by atoms with Gasteiger partial charge in [0, 0.05) is 12.2 Å². The molecule has 2 atom stereocenters. The van der Waals surface area contributed by atoms with Gasteiger partial charge < -0.3 is 10.2 Å². The van der Waals surface area contributed by atoms with Crippen molar-refractivity contribution in [1.82, 2.24) is 5.32 Å². The predicted molar refractivity (Wildman–Crippen MR) is 77.3 cm³/mol. The summed E-state index contributed by atoms with van der Waals surface area (Å²) in [4.78, 5) is 14.7. The summed E-state index contributed by atoms with van der Waals surface area (Å²) in [7, 11) is 0. The standard InChI is InChI=1S/C16H22N2O/c1-2-12-7-9-17-14(11-12)16(19)18-10-8-13-5-3-4-6-15(13)18/h3-6,12,14,17H,2,7-11H2,1H3. The van der Waals surface area contributed by atoms with Gasteiger partial charge in [0.25, 0.3) is 0 Å². The van der Waals surface area contributed by atoms with Crippen LogP contribution in [0.25, 0.3) is 0 Å². The molecule has 1 fully saturated rings. The number of benzene rings is 1. The van der Waals surface area contributed by atoms with E-state index >= 15 is 0 Å². The van der Waals surface area contributed by atoms with Crippen LogP contribution in [0, 0.1) is 5.92 Å². The van der Waals surface area contributed by atoms with Gasteiger partial charge in [0.1, 0.15) is 0 Å². The number of anilines is 1. The van der Waals surface area contributed by atoms with Gasteiger partial charge in [-0.2, -0.15) is 0 Å². The topological polar surface area (TPSA) is 32.3 Å². The van der Waals surface area contributed by atoms with Crippen LogP contribution in [0.1, 0.15) is 31.7 Å². The lowest BCUT2D eigenvalue weighted by Gasteiger charge is -2.31. The first-order valence-electron chi connectivity index (χ1n) is 7.42. The van der Waals surface area contributed by atoms with Crippen LogP contribution in [-0.2, 0) is 11.2 Å². The zero-order valence-electron chi connectivity index (χ0n) is 11.6. The van der Waals surface area contributed by atoms with Crippen LogP contribution >= 0.6 is 0 Å². The molecule has 1 saturated heterocycles. The molecule has 0 aliphatic carbocycles. The summed E-state index contributed by atoms with van der Waals surface area (Å²) < 4.78 is 0. The van der Waals surface area contributed by atoms with Crippen molar-refractivity contribution in [3.63, 3.8) is 0 Å². The third kappa shape index (κ3) is 2.39. The minimum absolute atomic E-state index is 0.0184. The number of hydrogen-bond donors (Lipinski definition) is 1. The lowest BCUT2D eigenvalue weighted by atomic mass is 9.90. The third-order valence-corrected chi connectivity index (χ3v) is 4.54. The highest BCUT2D eigenvalue weighted by Gasteiger charge is 2.32. The Hall–Kier alpha value is -1.35. The average molecular weight is 258 g/mol. The number of carbonyl (C=O) groups excluding carboxylic acids is 1. The van der Waals surface area contributed by atoms with Gasteiger partial charge in [-0.25, -0.2) is 0 Å². The zero-order valence-corrected chi connectivity index (χ0v) is 11.6. The smallest absolute Gasteiger partial charge is 0.244 e. The van der Waals surface area contributed by atoms with Crippen LogP contribution in [0.5, 0.6) is 0 Å². The molecule has 2 aliphatic heterocycles. The summed E-state index contributed by atoms with van der Waals surface area (Å²) in [5.74, 6) is 0.969. The molecule has 19 heavy (non-hydrogen) atoms. The molecule has 3 nitrogen and oxygen atoms in total. The SMILES string of the molecule is CCC1CCNC(C(=O)N2CCc3ccccc32)C1. The quantitative estimate of drug-likeness (QED) is 0.883. The fourth-order valence-corrected chi connectivity index (χ4v) is 3.31. The minimum atomic E-state index is 0.0184. The number of nitrogens with zero attached hydrogens (tertiary/aromatic N) is 1. The van der Waals surface area contributed by atoms with Crippen molar-refractivity contribution in [2.75, 3.05) is 18.0 Å². The van der Waals surface area contributed by atoms with E-state index in [1.165, 1.54) is 18.4 Å². The number of para-hydroxylation sites is 1. The molecule has 1 aromatic carbocycles. The molecule has 0 radical (unpaired) electrons. The molecule has 2 unspecified atom stereocenters. The number of hydrogen-bond acceptors (Lipinski definition) is 2. The molecule has 2 aliphatic rings. The van der Waals surface area contributed by atoms with Crippen LogP contribution in [0.15, 0.2) is 24.3 Å². The zero-order chi connectivity index (χ0) is 13.2. The molecular weight excluding hydrogens is 236 g/mol. The summed E-state index contributed by atoms with van der Waals surface area (Å²) in [5, 5.41) is 3.40. The Balaban J connectivity index is 1.75. The van der Waals surface area contributed by atoms with Crippen LogP contribution in [0.3, 0.4) is 0 Å². The molecule has 3 rings (SSSR count). The first-order chi connectivity index (χ1) is 9.29. The normalized spacial score (nSPS) is 26.3. The molecular formula is C16H22N2O. The number of nitrogens with one attached hydrogen (secondary N) is 1. The maximum atomic E-state index is 12.7. The van der Waals surface area contributed by atoms with Crippen molar-refractivity contribution >= 4 is 11.6 Å². The van der Waals surface area contributed by atoms with Gasteiger partial charge in [-0.05, 0) is 43.4 Å². The van der Waals surface area contributed by atoms with Crippen molar-refractivity contribution in [2.24, 2.45) is 5.92 Å². The summed E-state index contributed by atoms with van der Waals surface area (Å²) in [6.45, 7) is 4.04. The summed E-state index contributed by atoms with van der Waals surface area (Å²) >= 11 is 0. The van der Waals surface area contributed by atoms with E-state index in [0.29, 0.717) is 5.92 Å². The van der Waals surface area contributed by atoms with Gasteiger partial charge in [-0.3, -0.25) is 4.79 Å². The first kappa shape index (κ1) is 12.7. The monoisotopic (exact) mass is 258 g/mol. The van der Waals surface area contributed by atoms with Gasteiger partial charge in [-0.15, -0.1) is 0 Å². The Morgan fingerprint density at radius 2 is 2.26 bits per heavy atom. The number of rotatable bonds is 2. The maximum Gasteiger partial charge on any atom is 0.244 e. The van der Waals surface area contributed by atoms with Gasteiger partial charge in [-0.1, -0.05) is 31.5 Å². The van der Waals surface area contributed by atoms with Crippen molar-refractivity contribution < 1.29 is 4.79 Å². The van der Waals surface area contributed by atoms with Crippen LogP contribution in [0.2, 0.25) is 0 Å². The fraction of sp³-hybridized carbons (Fsp3) is 0.562. The van der Waals surface area contributed by atoms with E-state index in [4.69, 9.17) is 0 Å². The molecule has 1 amide bonds. The van der Waals surface area contributed by atoms with E-state index in [-0.39, 0.29) is 11.9 Å². The van der Waals surface area contributed by atoms with Crippen LogP contribution in [-0.4, -0.2) is 25.0 Å². The van der Waals surface area contributed by atoms with Crippen molar-refractivity contribution in [3.8, 4) is 0 Å². The molecule has 0 bridgehead atoms. The van der Waals surface area contributed by atoms with E-state index in [0.717, 1.165) is 31.6 Å². The minimum Gasteiger partial charge on any atom is -0.310 e. The molecule has 3 heteroatoms. The average Bonchev–Trinajstić information content (AvgIpc) is 2.90. The fourth-order valence-electron chi connectivity index (χ4n) is 3.31. The summed E-state index contributed by atoms with van der Waals surface area (Å²) in [5.41, 5.74) is 2.42. The van der Waals surface area contributed by atoms with E-state index in [2.05, 4.69) is 30.4 Å². The van der Waals surface area contributed by atoms with Gasteiger partial charge in [0.2, 0.25) is 5.91 Å². The number of piperidine rings is 1. The highest BCUT2D eigenvalue weighted by atomic mass is 16.2. The molecule has 0 saturated carbocycles. The van der Waals surface area contributed by atoms with Crippen LogP contribution < -0.4 is 10.2 Å². The Morgan fingerprint density at radius 3 is 3.11 bits per heavy atom. The molecule has 1 aromatic rings. The Morgan fingerprint density at radius 1 is 1.42 bits per heavy atom. The Kier molecular flexibility index (Phi) is 3.56. The van der Waals surface area contributed by atoms with Crippen molar-refractivity contribution in [2.45, 2.75) is 38.6 Å².